The average molecular weight is 343 g/mol. The molecule has 0 unspecified atom stereocenters. The van der Waals surface area contributed by atoms with Gasteiger partial charge >= 0.3 is 0 Å². The molecular formula is C14H21N3O3S2. The van der Waals surface area contributed by atoms with Crippen LogP contribution in [-0.2, 0) is 26.8 Å². The van der Waals surface area contributed by atoms with Gasteiger partial charge in [0.1, 0.15) is 5.75 Å². The van der Waals surface area contributed by atoms with Gasteiger partial charge in [-0.15, -0.1) is 11.3 Å². The number of sulfone groups is 1. The summed E-state index contributed by atoms with van der Waals surface area (Å²) in [5.41, 5.74) is 0.302. The molecule has 0 radical (unpaired) electrons. The van der Waals surface area contributed by atoms with Gasteiger partial charge in [-0.1, -0.05) is 39.8 Å². The fraction of sp³-hybridized carbons (Fsp3) is 0.643. The zero-order valence-electron chi connectivity index (χ0n) is 13.5. The molecule has 8 heteroatoms. The fourth-order valence-corrected chi connectivity index (χ4v) is 3.87. The van der Waals surface area contributed by atoms with Crippen LogP contribution in [0.4, 0.5) is 0 Å². The van der Waals surface area contributed by atoms with Crippen LogP contribution in [0.3, 0.4) is 0 Å². The van der Waals surface area contributed by atoms with E-state index in [4.69, 9.17) is 4.52 Å². The Bertz CT molecular complexity index is 739. The highest BCUT2D eigenvalue weighted by atomic mass is 32.2. The first-order valence-corrected chi connectivity index (χ1v) is 9.75. The van der Waals surface area contributed by atoms with Crippen molar-refractivity contribution in [1.29, 1.82) is 0 Å². The molecular weight excluding hydrogens is 322 g/mol. The number of aromatic nitrogens is 3. The third-order valence-corrected chi connectivity index (χ3v) is 5.53. The lowest BCUT2D eigenvalue weighted by molar-refractivity contribution is 0.371. The summed E-state index contributed by atoms with van der Waals surface area (Å²) in [5.74, 6) is 0.568. The Kier molecular flexibility index (Phi) is 4.72. The predicted octanol–water partition coefficient (Wildman–Crippen LogP) is 3.06. The van der Waals surface area contributed by atoms with E-state index >= 15 is 0 Å². The summed E-state index contributed by atoms with van der Waals surface area (Å²) in [5, 5.41) is 6.58. The summed E-state index contributed by atoms with van der Waals surface area (Å²) >= 11 is 1.49. The highest BCUT2D eigenvalue weighted by Crippen LogP contribution is 2.22. The molecule has 0 aromatic carbocycles. The molecule has 0 amide bonds. The minimum absolute atomic E-state index is 0.108. The summed E-state index contributed by atoms with van der Waals surface area (Å²) in [6.07, 6.45) is 0. The monoisotopic (exact) mass is 343 g/mol. The van der Waals surface area contributed by atoms with Crippen molar-refractivity contribution in [3.63, 3.8) is 0 Å². The van der Waals surface area contributed by atoms with Crippen molar-refractivity contribution >= 4 is 21.2 Å². The number of nitrogens with zero attached hydrogens (tertiary/aromatic N) is 3. The lowest BCUT2D eigenvalue weighted by Crippen LogP contribution is -2.14. The van der Waals surface area contributed by atoms with E-state index in [1.807, 2.05) is 34.6 Å². The van der Waals surface area contributed by atoms with Crippen molar-refractivity contribution in [3.8, 4) is 0 Å². The van der Waals surface area contributed by atoms with E-state index in [-0.39, 0.29) is 22.8 Å². The van der Waals surface area contributed by atoms with Gasteiger partial charge in [0, 0.05) is 16.7 Å². The number of thiazole rings is 1. The maximum absolute atomic E-state index is 12.2. The van der Waals surface area contributed by atoms with Crippen LogP contribution in [0.15, 0.2) is 9.90 Å². The van der Waals surface area contributed by atoms with E-state index in [1.165, 1.54) is 11.3 Å². The Labute approximate surface area is 134 Å². The van der Waals surface area contributed by atoms with Crippen molar-refractivity contribution in [1.82, 2.24) is 15.1 Å². The topological polar surface area (TPSA) is 86.0 Å². The zero-order valence-corrected chi connectivity index (χ0v) is 15.1. The third kappa shape index (κ3) is 4.36. The smallest absolute Gasteiger partial charge is 0.241 e. The molecule has 0 bridgehead atoms. The van der Waals surface area contributed by atoms with Gasteiger partial charge in [-0.2, -0.15) is 4.98 Å². The van der Waals surface area contributed by atoms with Crippen LogP contribution < -0.4 is 0 Å². The van der Waals surface area contributed by atoms with Crippen LogP contribution in [0.2, 0.25) is 0 Å². The van der Waals surface area contributed by atoms with Crippen LogP contribution in [-0.4, -0.2) is 23.5 Å². The standard InChI is InChI=1S/C14H21N3O3S2/c1-9(2)12-15-10(6-21-12)7-22(18,19)8-11-16-13(17-20-11)14(3,4)5/h6,9H,7-8H2,1-5H3. The van der Waals surface area contributed by atoms with E-state index < -0.39 is 9.84 Å². The summed E-state index contributed by atoms with van der Waals surface area (Å²) in [4.78, 5) is 8.52. The molecule has 0 N–H and O–H groups in total. The van der Waals surface area contributed by atoms with Crippen molar-refractivity contribution in [2.45, 2.75) is 57.5 Å². The highest BCUT2D eigenvalue weighted by Gasteiger charge is 2.24. The van der Waals surface area contributed by atoms with Gasteiger partial charge in [0.15, 0.2) is 15.7 Å². The van der Waals surface area contributed by atoms with Crippen LogP contribution in [0.25, 0.3) is 0 Å². The number of hydrogen-bond donors (Lipinski definition) is 0. The minimum atomic E-state index is -3.38. The van der Waals surface area contributed by atoms with E-state index in [1.54, 1.807) is 5.38 Å². The summed E-state index contributed by atoms with van der Waals surface area (Å²) in [6.45, 7) is 9.89. The fourth-order valence-electron chi connectivity index (χ4n) is 1.74. The first-order chi connectivity index (χ1) is 10.1. The summed E-state index contributed by atoms with van der Waals surface area (Å²) in [6, 6.07) is 0. The highest BCUT2D eigenvalue weighted by molar-refractivity contribution is 7.89. The van der Waals surface area contributed by atoms with Gasteiger partial charge in [0.2, 0.25) is 5.89 Å². The Morgan fingerprint density at radius 3 is 2.41 bits per heavy atom. The van der Waals surface area contributed by atoms with E-state index in [0.717, 1.165) is 5.01 Å². The quantitative estimate of drug-likeness (QED) is 0.829. The zero-order chi connectivity index (χ0) is 16.5. The Morgan fingerprint density at radius 2 is 1.91 bits per heavy atom. The van der Waals surface area contributed by atoms with Crippen LogP contribution in [0.5, 0.6) is 0 Å². The molecule has 0 saturated heterocycles. The maximum Gasteiger partial charge on any atom is 0.241 e. The molecule has 2 aromatic rings. The minimum Gasteiger partial charge on any atom is -0.338 e. The van der Waals surface area contributed by atoms with Gasteiger partial charge in [-0.25, -0.2) is 13.4 Å². The first kappa shape index (κ1) is 17.1. The summed E-state index contributed by atoms with van der Waals surface area (Å²) < 4.78 is 29.5. The molecule has 0 spiro atoms. The molecule has 2 aromatic heterocycles. The van der Waals surface area contributed by atoms with E-state index in [2.05, 4.69) is 15.1 Å². The lowest BCUT2D eigenvalue weighted by atomic mass is 9.96. The van der Waals surface area contributed by atoms with Crippen molar-refractivity contribution in [3.05, 3.63) is 27.8 Å². The molecule has 2 heterocycles. The van der Waals surface area contributed by atoms with Crippen LogP contribution >= 0.6 is 11.3 Å². The van der Waals surface area contributed by atoms with Gasteiger partial charge in [0.25, 0.3) is 0 Å². The normalized spacial score (nSPS) is 13.0. The van der Waals surface area contributed by atoms with Gasteiger partial charge < -0.3 is 4.52 Å². The lowest BCUT2D eigenvalue weighted by Gasteiger charge is -2.10. The Balaban J connectivity index is 2.09. The van der Waals surface area contributed by atoms with Gasteiger partial charge in [-0.3, -0.25) is 0 Å². The first-order valence-electron chi connectivity index (χ1n) is 7.04. The molecule has 22 heavy (non-hydrogen) atoms. The van der Waals surface area contributed by atoms with Crippen molar-refractivity contribution < 1.29 is 12.9 Å². The Morgan fingerprint density at radius 1 is 1.23 bits per heavy atom. The van der Waals surface area contributed by atoms with Crippen molar-refractivity contribution in [2.24, 2.45) is 0 Å². The second-order valence-corrected chi connectivity index (χ2v) is 9.58. The van der Waals surface area contributed by atoms with E-state index in [9.17, 15) is 8.42 Å². The molecule has 6 nitrogen and oxygen atoms in total. The molecule has 0 atom stereocenters. The van der Waals surface area contributed by atoms with Gasteiger partial charge in [-0.05, 0) is 0 Å². The SMILES string of the molecule is CC(C)c1nc(CS(=O)(=O)Cc2nc(C(C)(C)C)no2)cs1. The number of hydrogen-bond acceptors (Lipinski definition) is 7. The molecule has 122 valence electrons. The number of rotatable bonds is 5. The molecule has 0 aliphatic carbocycles. The molecule has 0 aliphatic rings. The van der Waals surface area contributed by atoms with Gasteiger partial charge in [0.05, 0.1) is 16.5 Å². The molecule has 0 saturated carbocycles. The maximum atomic E-state index is 12.2. The third-order valence-electron chi connectivity index (χ3n) is 2.91. The predicted molar refractivity (Wildman–Crippen MR) is 85.5 cm³/mol. The molecule has 0 fully saturated rings. The summed E-state index contributed by atoms with van der Waals surface area (Å²) in [7, 11) is -3.38. The second-order valence-electron chi connectivity index (χ2n) is 6.63. The van der Waals surface area contributed by atoms with E-state index in [0.29, 0.717) is 17.4 Å². The Hall–Kier alpha value is -1.28. The van der Waals surface area contributed by atoms with Crippen molar-refractivity contribution in [2.75, 3.05) is 0 Å². The second kappa shape index (κ2) is 6.08. The largest absolute Gasteiger partial charge is 0.338 e. The average Bonchev–Trinajstić information content (AvgIpc) is 2.96. The molecule has 2 rings (SSSR count). The molecule has 0 aliphatic heterocycles. The van der Waals surface area contributed by atoms with Crippen LogP contribution in [0.1, 0.15) is 63.0 Å². The van der Waals surface area contributed by atoms with Crippen LogP contribution in [0, 0.1) is 0 Å².